The molecule has 0 saturated carbocycles. The standard InChI is InChI=1S/C78H136NO8P/c1-3-5-7-9-11-13-15-17-19-21-23-25-27-29-31-33-35-37-39-40-42-44-46-48-50-52-54-56-58-60-62-64-66-68-70-77(80)84-74-76(75-86-88(82,83)85-73-72-79)87-78(81)71-69-67-65-63-61-59-57-55-53-51-49-47-45-43-41-38-36-34-32-30-28-26-24-22-20-18-16-14-12-10-8-6-4-2/h6,8,12,14,18,20,24,26,30,32,36,38,43,45,49,51,55,57,61,63,76H,3-5,7,9-11,13,15-17,19,21-23,25,27-29,31,33-35,37,39-42,44,46-48,50,52-54,56,58-60,62,64-75,79H2,1-2H3,(H,82,83)/b8-6-,14-12-,20-18-,26-24-,32-30-,38-36-,45-43-,51-49-,57-55-,63-61-. The molecule has 506 valence electrons. The van der Waals surface area contributed by atoms with Gasteiger partial charge < -0.3 is 20.1 Å². The Morgan fingerprint density at radius 3 is 0.932 bits per heavy atom. The summed E-state index contributed by atoms with van der Waals surface area (Å²) < 4.78 is 33.1. The molecule has 0 saturated heterocycles. The van der Waals surface area contributed by atoms with Crippen LogP contribution in [-0.2, 0) is 32.7 Å². The lowest BCUT2D eigenvalue weighted by Crippen LogP contribution is -2.29. The number of carbonyl (C=O) groups is 2. The van der Waals surface area contributed by atoms with E-state index >= 15 is 0 Å². The maximum absolute atomic E-state index is 12.7. The topological polar surface area (TPSA) is 134 Å². The van der Waals surface area contributed by atoms with Crippen LogP contribution in [0.4, 0.5) is 0 Å². The summed E-state index contributed by atoms with van der Waals surface area (Å²) in [5.41, 5.74) is 5.40. The Bertz CT molecular complexity index is 1860. The van der Waals surface area contributed by atoms with Crippen molar-refractivity contribution in [3.8, 4) is 0 Å². The number of allylic oxidation sites excluding steroid dienone is 20. The van der Waals surface area contributed by atoms with Crippen LogP contribution in [0.15, 0.2) is 122 Å². The van der Waals surface area contributed by atoms with Gasteiger partial charge in [0.1, 0.15) is 6.61 Å². The van der Waals surface area contributed by atoms with E-state index in [1.165, 1.54) is 199 Å². The zero-order valence-corrected chi connectivity index (χ0v) is 57.8. The number of hydrogen-bond acceptors (Lipinski definition) is 8. The summed E-state index contributed by atoms with van der Waals surface area (Å²) in [6.07, 6.45) is 102. The number of esters is 2. The molecule has 0 heterocycles. The van der Waals surface area contributed by atoms with E-state index in [4.69, 9.17) is 24.3 Å². The Labute approximate surface area is 542 Å². The van der Waals surface area contributed by atoms with E-state index in [1.54, 1.807) is 0 Å². The van der Waals surface area contributed by atoms with Crippen LogP contribution in [0.3, 0.4) is 0 Å². The van der Waals surface area contributed by atoms with Crippen LogP contribution in [0.2, 0.25) is 0 Å². The van der Waals surface area contributed by atoms with Gasteiger partial charge in [0.15, 0.2) is 6.10 Å². The molecule has 0 radical (unpaired) electrons. The van der Waals surface area contributed by atoms with Gasteiger partial charge >= 0.3 is 19.8 Å². The fourth-order valence-corrected chi connectivity index (χ4v) is 11.0. The smallest absolute Gasteiger partial charge is 0.462 e. The third-order valence-corrected chi connectivity index (χ3v) is 16.6. The number of nitrogens with two attached hydrogens (primary N) is 1. The molecule has 0 aliphatic rings. The van der Waals surface area contributed by atoms with E-state index in [1.807, 2.05) is 0 Å². The fraction of sp³-hybridized carbons (Fsp3) is 0.718. The Kier molecular flexibility index (Phi) is 69.5. The zero-order chi connectivity index (χ0) is 63.7. The molecule has 88 heavy (non-hydrogen) atoms. The number of phosphoric ester groups is 1. The van der Waals surface area contributed by atoms with E-state index in [9.17, 15) is 19.0 Å². The minimum atomic E-state index is -4.41. The van der Waals surface area contributed by atoms with Gasteiger partial charge in [-0.2, -0.15) is 0 Å². The first-order chi connectivity index (χ1) is 43.3. The molecule has 10 heteroatoms. The molecule has 0 aromatic heterocycles. The average molecular weight is 1250 g/mol. The highest BCUT2D eigenvalue weighted by Crippen LogP contribution is 2.43. The summed E-state index contributed by atoms with van der Waals surface area (Å²) in [6, 6.07) is 0. The summed E-state index contributed by atoms with van der Waals surface area (Å²) in [5.74, 6) is -0.875. The van der Waals surface area contributed by atoms with Crippen molar-refractivity contribution in [3.63, 3.8) is 0 Å². The van der Waals surface area contributed by atoms with Crippen LogP contribution in [0, 0.1) is 0 Å². The average Bonchev–Trinajstić information content (AvgIpc) is 3.53. The van der Waals surface area contributed by atoms with Gasteiger partial charge in [0.05, 0.1) is 13.2 Å². The summed E-state index contributed by atoms with van der Waals surface area (Å²) in [4.78, 5) is 35.4. The van der Waals surface area contributed by atoms with Crippen LogP contribution < -0.4 is 5.73 Å². The van der Waals surface area contributed by atoms with E-state index in [0.717, 1.165) is 96.3 Å². The predicted molar refractivity (Wildman–Crippen MR) is 381 cm³/mol. The maximum Gasteiger partial charge on any atom is 0.472 e. The van der Waals surface area contributed by atoms with Crippen molar-refractivity contribution in [1.29, 1.82) is 0 Å². The molecule has 0 aliphatic carbocycles. The van der Waals surface area contributed by atoms with E-state index in [-0.39, 0.29) is 32.6 Å². The first-order valence-electron chi connectivity index (χ1n) is 36.5. The lowest BCUT2D eigenvalue weighted by Gasteiger charge is -2.19. The fourth-order valence-electron chi connectivity index (χ4n) is 10.3. The van der Waals surface area contributed by atoms with Crippen LogP contribution in [-0.4, -0.2) is 49.3 Å². The Balaban J connectivity index is 3.95. The van der Waals surface area contributed by atoms with Crippen molar-refractivity contribution in [2.45, 2.75) is 335 Å². The highest BCUT2D eigenvalue weighted by Gasteiger charge is 2.26. The molecule has 0 aromatic carbocycles. The van der Waals surface area contributed by atoms with Crippen molar-refractivity contribution < 1.29 is 37.6 Å². The van der Waals surface area contributed by atoms with Gasteiger partial charge in [-0.15, -0.1) is 0 Å². The third-order valence-electron chi connectivity index (χ3n) is 15.6. The molecule has 0 aliphatic heterocycles. The van der Waals surface area contributed by atoms with Crippen molar-refractivity contribution in [1.82, 2.24) is 0 Å². The van der Waals surface area contributed by atoms with Gasteiger partial charge in [-0.25, -0.2) is 4.57 Å². The summed E-state index contributed by atoms with van der Waals surface area (Å²) >= 11 is 0. The van der Waals surface area contributed by atoms with Gasteiger partial charge in [0.2, 0.25) is 0 Å². The van der Waals surface area contributed by atoms with Crippen LogP contribution in [0.25, 0.3) is 0 Å². The molecule has 0 spiro atoms. The predicted octanol–water partition coefficient (Wildman–Crippen LogP) is 24.3. The minimum absolute atomic E-state index is 0.0412. The first kappa shape index (κ1) is 84.4. The minimum Gasteiger partial charge on any atom is -0.462 e. The number of carbonyl (C=O) groups excluding carboxylic acids is 2. The molecule has 2 unspecified atom stereocenters. The van der Waals surface area contributed by atoms with Crippen LogP contribution >= 0.6 is 7.82 Å². The molecule has 9 nitrogen and oxygen atoms in total. The zero-order valence-electron chi connectivity index (χ0n) is 56.9. The van der Waals surface area contributed by atoms with E-state index in [0.29, 0.717) is 6.42 Å². The molecule has 3 N–H and O–H groups in total. The van der Waals surface area contributed by atoms with Crippen LogP contribution in [0.1, 0.15) is 328 Å². The van der Waals surface area contributed by atoms with E-state index in [2.05, 4.69) is 135 Å². The van der Waals surface area contributed by atoms with Crippen molar-refractivity contribution in [2.24, 2.45) is 5.73 Å². The van der Waals surface area contributed by atoms with E-state index < -0.39 is 32.5 Å². The summed E-state index contributed by atoms with van der Waals surface area (Å²) in [5, 5.41) is 0. The molecular formula is C78H136NO8P. The summed E-state index contributed by atoms with van der Waals surface area (Å²) in [6.45, 7) is 3.61. The van der Waals surface area contributed by atoms with Gasteiger partial charge in [-0.05, 0) is 89.9 Å². The van der Waals surface area contributed by atoms with Gasteiger partial charge in [0, 0.05) is 19.4 Å². The first-order valence-corrected chi connectivity index (χ1v) is 38.0. The van der Waals surface area contributed by atoms with Gasteiger partial charge in [-0.1, -0.05) is 347 Å². The second kappa shape index (κ2) is 72.5. The largest absolute Gasteiger partial charge is 0.472 e. The SMILES string of the molecule is CC/C=C\C/C=C\C/C=C\C/C=C\C/C=C\C/C=C\C/C=C\C/C=C\C/C=C\C/C=C\CCCCC(=O)OC(COC(=O)CCCCCCCCCCCCCCCCCCCCCCCCCCCCCCCCCCCC)COP(=O)(O)OCCN. The Morgan fingerprint density at radius 1 is 0.352 bits per heavy atom. The quantitative estimate of drug-likeness (QED) is 0.0264. The second-order valence-electron chi connectivity index (χ2n) is 24.1. The molecule has 0 rings (SSSR count). The third kappa shape index (κ3) is 71.5. The normalized spacial score (nSPS) is 13.6. The van der Waals surface area contributed by atoms with Crippen molar-refractivity contribution in [3.05, 3.63) is 122 Å². The van der Waals surface area contributed by atoms with Gasteiger partial charge in [-0.3, -0.25) is 18.6 Å². The molecule has 0 aromatic rings. The molecule has 0 amide bonds. The molecule has 2 atom stereocenters. The maximum atomic E-state index is 12.7. The Hall–Kier alpha value is -3.59. The Morgan fingerprint density at radius 2 is 0.625 bits per heavy atom. The number of hydrogen-bond donors (Lipinski definition) is 2. The monoisotopic (exact) mass is 1250 g/mol. The highest BCUT2D eigenvalue weighted by atomic mass is 31.2. The van der Waals surface area contributed by atoms with Crippen molar-refractivity contribution in [2.75, 3.05) is 26.4 Å². The number of rotatable bonds is 68. The summed E-state index contributed by atoms with van der Waals surface area (Å²) in [7, 11) is -4.41. The highest BCUT2D eigenvalue weighted by molar-refractivity contribution is 7.47. The van der Waals surface area contributed by atoms with Crippen LogP contribution in [0.5, 0.6) is 0 Å². The van der Waals surface area contributed by atoms with Crippen molar-refractivity contribution >= 4 is 19.8 Å². The second-order valence-corrected chi connectivity index (χ2v) is 25.5. The molecular weight excluding hydrogens is 1110 g/mol. The lowest BCUT2D eigenvalue weighted by atomic mass is 10.0. The number of phosphoric acid groups is 1. The van der Waals surface area contributed by atoms with Gasteiger partial charge in [0.25, 0.3) is 0 Å². The lowest BCUT2D eigenvalue weighted by molar-refractivity contribution is -0.161. The molecule has 0 bridgehead atoms. The molecule has 0 fully saturated rings. The number of unbranched alkanes of at least 4 members (excludes halogenated alkanes) is 35. The number of ether oxygens (including phenoxy) is 2.